The second-order valence-electron chi connectivity index (χ2n) is 6.97. The predicted molar refractivity (Wildman–Crippen MR) is 105 cm³/mol. The Morgan fingerprint density at radius 3 is 2.57 bits per heavy atom. The van der Waals surface area contributed by atoms with E-state index in [4.69, 9.17) is 9.47 Å². The molecule has 2 aromatic rings. The van der Waals surface area contributed by atoms with Crippen molar-refractivity contribution in [1.29, 1.82) is 0 Å². The Hall–Kier alpha value is -3.02. The van der Waals surface area contributed by atoms with Crippen molar-refractivity contribution in [2.45, 2.75) is 19.8 Å². The van der Waals surface area contributed by atoms with Gasteiger partial charge in [0.1, 0.15) is 5.75 Å². The average molecular weight is 383 g/mol. The number of piperidine rings is 1. The molecule has 6 heteroatoms. The number of phenolic OH excluding ortho intramolecular Hbond substituents is 1. The van der Waals surface area contributed by atoms with Crippen LogP contribution in [0.5, 0.6) is 17.2 Å². The number of Topliss-reactive ketones (excluding diaryl/α,β-unsaturated/α-hetero) is 1. The van der Waals surface area contributed by atoms with Crippen molar-refractivity contribution in [2.24, 2.45) is 5.92 Å². The molecular weight excluding hydrogens is 358 g/mol. The minimum absolute atomic E-state index is 0.00826. The number of rotatable bonds is 5. The summed E-state index contributed by atoms with van der Waals surface area (Å²) < 4.78 is 10.5. The van der Waals surface area contributed by atoms with E-state index >= 15 is 0 Å². The summed E-state index contributed by atoms with van der Waals surface area (Å²) >= 11 is 0. The molecule has 1 aliphatic heterocycles. The lowest BCUT2D eigenvalue weighted by atomic mass is 9.89. The summed E-state index contributed by atoms with van der Waals surface area (Å²) in [5, 5.41) is 9.88. The largest absolute Gasteiger partial charge is 0.508 e. The van der Waals surface area contributed by atoms with Gasteiger partial charge in [-0.05, 0) is 50.1 Å². The number of likely N-dealkylation sites (tertiary alicyclic amines) is 1. The van der Waals surface area contributed by atoms with E-state index in [1.54, 1.807) is 55.3 Å². The van der Waals surface area contributed by atoms with Gasteiger partial charge in [-0.1, -0.05) is 6.07 Å². The van der Waals surface area contributed by atoms with Crippen LogP contribution >= 0.6 is 0 Å². The van der Waals surface area contributed by atoms with Gasteiger partial charge in [-0.25, -0.2) is 0 Å². The van der Waals surface area contributed by atoms with Gasteiger partial charge in [-0.15, -0.1) is 0 Å². The Morgan fingerprint density at radius 2 is 1.86 bits per heavy atom. The Bertz CT molecular complexity index is 892. The van der Waals surface area contributed by atoms with Gasteiger partial charge >= 0.3 is 0 Å². The third kappa shape index (κ3) is 3.81. The Kier molecular flexibility index (Phi) is 5.87. The molecule has 0 unspecified atom stereocenters. The summed E-state index contributed by atoms with van der Waals surface area (Å²) in [6, 6.07) is 10.0. The SMILES string of the molecule is COc1ccc(C(=O)[C@@H]2CCCN(C(=O)c3cccc(O)c3C)C2)cc1OC. The quantitative estimate of drug-likeness (QED) is 0.801. The number of carbonyl (C=O) groups excluding carboxylic acids is 2. The standard InChI is InChI=1S/C22H25NO5/c1-14-17(7-4-8-18(14)24)22(26)23-11-5-6-16(13-23)21(25)15-9-10-19(27-2)20(12-15)28-3/h4,7-10,12,16,24H,5-6,11,13H2,1-3H3/t16-/m1/s1. The molecule has 148 valence electrons. The molecule has 3 rings (SSSR count). The number of amides is 1. The molecule has 1 aliphatic rings. The summed E-state index contributed by atoms with van der Waals surface area (Å²) in [5.41, 5.74) is 1.57. The van der Waals surface area contributed by atoms with Crippen LogP contribution < -0.4 is 9.47 Å². The van der Waals surface area contributed by atoms with E-state index in [-0.39, 0.29) is 23.4 Å². The second-order valence-corrected chi connectivity index (χ2v) is 6.97. The van der Waals surface area contributed by atoms with E-state index in [0.717, 1.165) is 12.8 Å². The first-order chi connectivity index (χ1) is 13.5. The van der Waals surface area contributed by atoms with Gasteiger partial charge in [0.25, 0.3) is 5.91 Å². The molecular formula is C22H25NO5. The van der Waals surface area contributed by atoms with Gasteiger partial charge in [0, 0.05) is 35.7 Å². The monoisotopic (exact) mass is 383 g/mol. The fourth-order valence-corrected chi connectivity index (χ4v) is 3.63. The molecule has 2 aromatic carbocycles. The molecule has 0 aromatic heterocycles. The zero-order chi connectivity index (χ0) is 20.3. The molecule has 1 fully saturated rings. The molecule has 0 aliphatic carbocycles. The van der Waals surface area contributed by atoms with Crippen LogP contribution in [0.3, 0.4) is 0 Å². The van der Waals surface area contributed by atoms with Gasteiger partial charge < -0.3 is 19.5 Å². The van der Waals surface area contributed by atoms with E-state index in [1.807, 2.05) is 0 Å². The number of ether oxygens (including phenoxy) is 2. The van der Waals surface area contributed by atoms with Gasteiger partial charge in [-0.2, -0.15) is 0 Å². The van der Waals surface area contributed by atoms with E-state index in [0.29, 0.717) is 41.3 Å². The van der Waals surface area contributed by atoms with Crippen LogP contribution in [0.2, 0.25) is 0 Å². The molecule has 1 N–H and O–H groups in total. The maximum Gasteiger partial charge on any atom is 0.254 e. The minimum Gasteiger partial charge on any atom is -0.508 e. The second kappa shape index (κ2) is 8.33. The van der Waals surface area contributed by atoms with Crippen molar-refractivity contribution in [3.8, 4) is 17.2 Å². The summed E-state index contributed by atoms with van der Waals surface area (Å²) in [4.78, 5) is 27.7. The molecule has 28 heavy (non-hydrogen) atoms. The van der Waals surface area contributed by atoms with Crippen LogP contribution in [-0.2, 0) is 0 Å². The molecule has 1 amide bonds. The van der Waals surface area contributed by atoms with Crippen molar-refractivity contribution in [2.75, 3.05) is 27.3 Å². The van der Waals surface area contributed by atoms with Crippen molar-refractivity contribution in [3.05, 3.63) is 53.1 Å². The van der Waals surface area contributed by atoms with E-state index in [2.05, 4.69) is 0 Å². The van der Waals surface area contributed by atoms with Crippen LogP contribution in [0.15, 0.2) is 36.4 Å². The molecule has 6 nitrogen and oxygen atoms in total. The van der Waals surface area contributed by atoms with Crippen LogP contribution in [0.25, 0.3) is 0 Å². The van der Waals surface area contributed by atoms with Crippen LogP contribution in [0.1, 0.15) is 39.1 Å². The number of methoxy groups -OCH3 is 2. The lowest BCUT2D eigenvalue weighted by Gasteiger charge is -2.32. The van der Waals surface area contributed by atoms with Crippen LogP contribution in [-0.4, -0.2) is 49.0 Å². The summed E-state index contributed by atoms with van der Waals surface area (Å²) in [7, 11) is 3.08. The topological polar surface area (TPSA) is 76.1 Å². The number of phenols is 1. The average Bonchev–Trinajstić information content (AvgIpc) is 2.74. The predicted octanol–water partition coefficient (Wildman–Crippen LogP) is 3.45. The third-order valence-electron chi connectivity index (χ3n) is 5.28. The highest BCUT2D eigenvalue weighted by Crippen LogP contribution is 2.30. The van der Waals surface area contributed by atoms with Gasteiger partial charge in [0.15, 0.2) is 17.3 Å². The number of aromatic hydroxyl groups is 1. The lowest BCUT2D eigenvalue weighted by Crippen LogP contribution is -2.42. The van der Waals surface area contributed by atoms with Gasteiger partial charge in [0.05, 0.1) is 14.2 Å². The molecule has 0 radical (unpaired) electrons. The van der Waals surface area contributed by atoms with Crippen LogP contribution in [0.4, 0.5) is 0 Å². The lowest BCUT2D eigenvalue weighted by molar-refractivity contribution is 0.0636. The van der Waals surface area contributed by atoms with Crippen molar-refractivity contribution < 1.29 is 24.2 Å². The summed E-state index contributed by atoms with van der Waals surface area (Å²) in [5.74, 6) is 0.741. The first-order valence-corrected chi connectivity index (χ1v) is 9.30. The summed E-state index contributed by atoms with van der Waals surface area (Å²) in [6.45, 7) is 2.68. The number of hydrogen-bond donors (Lipinski definition) is 1. The van der Waals surface area contributed by atoms with Gasteiger partial charge in [-0.3, -0.25) is 9.59 Å². The molecule has 0 bridgehead atoms. The first-order valence-electron chi connectivity index (χ1n) is 9.30. The fraction of sp³-hybridized carbons (Fsp3) is 0.364. The Morgan fingerprint density at radius 1 is 1.11 bits per heavy atom. The molecule has 0 spiro atoms. The smallest absolute Gasteiger partial charge is 0.254 e. The highest BCUT2D eigenvalue weighted by Gasteiger charge is 2.30. The highest BCUT2D eigenvalue weighted by molar-refractivity contribution is 6.00. The van der Waals surface area contributed by atoms with Crippen molar-refractivity contribution >= 4 is 11.7 Å². The Balaban J connectivity index is 1.78. The molecule has 1 heterocycles. The van der Waals surface area contributed by atoms with E-state index in [9.17, 15) is 14.7 Å². The number of ketones is 1. The summed E-state index contributed by atoms with van der Waals surface area (Å²) in [6.07, 6.45) is 1.49. The fourth-order valence-electron chi connectivity index (χ4n) is 3.63. The number of benzene rings is 2. The maximum absolute atomic E-state index is 13.0. The van der Waals surface area contributed by atoms with Crippen LogP contribution in [0, 0.1) is 12.8 Å². The zero-order valence-electron chi connectivity index (χ0n) is 16.4. The maximum atomic E-state index is 13.0. The zero-order valence-corrected chi connectivity index (χ0v) is 16.4. The highest BCUT2D eigenvalue weighted by atomic mass is 16.5. The first kappa shape index (κ1) is 19.7. The van der Waals surface area contributed by atoms with E-state index in [1.165, 1.54) is 7.11 Å². The number of hydrogen-bond acceptors (Lipinski definition) is 5. The normalized spacial score (nSPS) is 16.5. The number of nitrogens with zero attached hydrogens (tertiary/aromatic N) is 1. The third-order valence-corrected chi connectivity index (χ3v) is 5.28. The van der Waals surface area contributed by atoms with E-state index < -0.39 is 0 Å². The Labute approximate surface area is 164 Å². The molecule has 1 saturated heterocycles. The molecule has 0 saturated carbocycles. The number of carbonyl (C=O) groups is 2. The van der Waals surface area contributed by atoms with Gasteiger partial charge in [0.2, 0.25) is 0 Å². The molecule has 1 atom stereocenters. The van der Waals surface area contributed by atoms with Crippen molar-refractivity contribution in [1.82, 2.24) is 4.90 Å². The minimum atomic E-state index is -0.270. The van der Waals surface area contributed by atoms with Crippen molar-refractivity contribution in [3.63, 3.8) is 0 Å².